The molecule has 0 unspecified atom stereocenters. The molecular formula is C18H28N2O. The maximum absolute atomic E-state index is 12.1. The van der Waals surface area contributed by atoms with Crippen LogP contribution in [0.1, 0.15) is 57.1 Å². The van der Waals surface area contributed by atoms with Crippen LogP contribution in [0.25, 0.3) is 0 Å². The average molecular weight is 288 g/mol. The van der Waals surface area contributed by atoms with Crippen LogP contribution in [0, 0.1) is 6.92 Å². The molecule has 0 spiro atoms. The average Bonchev–Trinajstić information content (AvgIpc) is 2.45. The van der Waals surface area contributed by atoms with E-state index in [-0.39, 0.29) is 11.3 Å². The van der Waals surface area contributed by atoms with Crippen LogP contribution in [0.15, 0.2) is 24.3 Å². The molecule has 2 rings (SSSR count). The second-order valence-corrected chi connectivity index (χ2v) is 7.06. The number of aryl methyl sites for hydroxylation is 1. The molecule has 1 aromatic carbocycles. The first-order valence-corrected chi connectivity index (χ1v) is 7.98. The van der Waals surface area contributed by atoms with Crippen LogP contribution in [0.2, 0.25) is 0 Å². The Morgan fingerprint density at radius 2 is 1.86 bits per heavy atom. The smallest absolute Gasteiger partial charge is 0.239 e. The maximum atomic E-state index is 12.1. The molecule has 0 saturated heterocycles. The molecule has 1 aliphatic rings. The molecule has 0 aliphatic heterocycles. The summed E-state index contributed by atoms with van der Waals surface area (Å²) in [5.74, 6) is -0.0685. The number of benzene rings is 1. The minimum Gasteiger partial charge on any atom is -0.354 e. The first-order chi connectivity index (χ1) is 9.85. The largest absolute Gasteiger partial charge is 0.354 e. The molecule has 1 saturated carbocycles. The summed E-state index contributed by atoms with van der Waals surface area (Å²) in [7, 11) is 0. The van der Waals surface area contributed by atoms with E-state index in [1.165, 1.54) is 30.4 Å². The van der Waals surface area contributed by atoms with Crippen molar-refractivity contribution in [3.63, 3.8) is 0 Å². The fraction of sp³-hybridized carbons (Fsp3) is 0.611. The summed E-state index contributed by atoms with van der Waals surface area (Å²) in [6.07, 6.45) is 6.04. The number of hydrogen-bond donors (Lipinski definition) is 2. The van der Waals surface area contributed by atoms with Crippen LogP contribution in [0.3, 0.4) is 0 Å². The first-order valence-electron chi connectivity index (χ1n) is 7.98. The molecule has 1 fully saturated rings. The lowest BCUT2D eigenvalue weighted by Gasteiger charge is -2.39. The van der Waals surface area contributed by atoms with Gasteiger partial charge in [-0.2, -0.15) is 0 Å². The van der Waals surface area contributed by atoms with Gasteiger partial charge < -0.3 is 11.1 Å². The van der Waals surface area contributed by atoms with Gasteiger partial charge in [0.1, 0.15) is 0 Å². The second-order valence-electron chi connectivity index (χ2n) is 7.06. The van der Waals surface area contributed by atoms with Gasteiger partial charge in [-0.15, -0.1) is 0 Å². The summed E-state index contributed by atoms with van der Waals surface area (Å²) >= 11 is 0. The van der Waals surface area contributed by atoms with Crippen LogP contribution in [-0.4, -0.2) is 18.0 Å². The van der Waals surface area contributed by atoms with Crippen LogP contribution in [-0.2, 0) is 10.2 Å². The number of nitrogens with one attached hydrogen (secondary N) is 1. The molecule has 1 amide bonds. The van der Waals surface area contributed by atoms with Gasteiger partial charge in [0.15, 0.2) is 0 Å². The third-order valence-electron chi connectivity index (χ3n) is 4.70. The lowest BCUT2D eigenvalue weighted by molar-refractivity contribution is -0.125. The Bertz CT molecular complexity index is 496. The monoisotopic (exact) mass is 288 g/mol. The fourth-order valence-electron chi connectivity index (χ4n) is 3.42. The first kappa shape index (κ1) is 16.0. The quantitative estimate of drug-likeness (QED) is 0.894. The summed E-state index contributed by atoms with van der Waals surface area (Å²) in [5, 5.41) is 3.09. The molecule has 0 aromatic heterocycles. The molecule has 0 radical (unpaired) electrons. The van der Waals surface area contributed by atoms with Gasteiger partial charge in [0.25, 0.3) is 0 Å². The molecule has 116 valence electrons. The predicted octanol–water partition coefficient (Wildman–Crippen LogP) is 3.05. The maximum Gasteiger partial charge on any atom is 0.239 e. The number of rotatable bonds is 4. The van der Waals surface area contributed by atoms with Gasteiger partial charge in [0.05, 0.1) is 5.54 Å². The third kappa shape index (κ3) is 3.65. The van der Waals surface area contributed by atoms with Crippen molar-refractivity contribution >= 4 is 5.91 Å². The van der Waals surface area contributed by atoms with Gasteiger partial charge in [0.2, 0.25) is 5.91 Å². The Hall–Kier alpha value is -1.35. The lowest BCUT2D eigenvalue weighted by Crippen LogP contribution is -2.53. The van der Waals surface area contributed by atoms with E-state index in [0.717, 1.165) is 12.8 Å². The molecule has 0 bridgehead atoms. The van der Waals surface area contributed by atoms with Crippen molar-refractivity contribution in [2.75, 3.05) is 6.54 Å². The Morgan fingerprint density at radius 3 is 2.43 bits per heavy atom. The van der Waals surface area contributed by atoms with Gasteiger partial charge in [-0.05, 0) is 44.7 Å². The third-order valence-corrected chi connectivity index (χ3v) is 4.70. The van der Waals surface area contributed by atoms with E-state index in [0.29, 0.717) is 6.54 Å². The van der Waals surface area contributed by atoms with Crippen molar-refractivity contribution in [1.82, 2.24) is 5.32 Å². The zero-order valence-electron chi connectivity index (χ0n) is 13.5. The number of amides is 1. The summed E-state index contributed by atoms with van der Waals surface area (Å²) in [5.41, 5.74) is 7.86. The number of carbonyl (C=O) groups is 1. The molecule has 1 aliphatic carbocycles. The normalized spacial score (nSPS) is 18.3. The number of carbonyl (C=O) groups excluding carboxylic acids is 1. The fourth-order valence-corrected chi connectivity index (χ4v) is 3.42. The molecule has 21 heavy (non-hydrogen) atoms. The molecule has 0 atom stereocenters. The summed E-state index contributed by atoms with van der Waals surface area (Å²) < 4.78 is 0. The Morgan fingerprint density at radius 1 is 1.24 bits per heavy atom. The van der Waals surface area contributed by atoms with Crippen molar-refractivity contribution in [1.29, 1.82) is 0 Å². The Balaban J connectivity index is 2.22. The van der Waals surface area contributed by atoms with Crippen LogP contribution in [0.4, 0.5) is 0 Å². The van der Waals surface area contributed by atoms with Crippen LogP contribution in [0.5, 0.6) is 0 Å². The van der Waals surface area contributed by atoms with Crippen molar-refractivity contribution < 1.29 is 4.79 Å². The molecule has 3 heteroatoms. The highest BCUT2D eigenvalue weighted by Gasteiger charge is 2.36. The minimum atomic E-state index is -0.818. The SMILES string of the molecule is Cc1ccccc1C1(CNC(=O)C(C)(C)N)CCCCC1. The van der Waals surface area contributed by atoms with Crippen LogP contribution >= 0.6 is 0 Å². The van der Waals surface area contributed by atoms with E-state index >= 15 is 0 Å². The van der Waals surface area contributed by atoms with Gasteiger partial charge in [-0.3, -0.25) is 4.79 Å². The van der Waals surface area contributed by atoms with E-state index in [2.05, 4.69) is 36.5 Å². The zero-order chi connectivity index (χ0) is 15.5. The lowest BCUT2D eigenvalue weighted by atomic mass is 9.68. The van der Waals surface area contributed by atoms with E-state index in [1.54, 1.807) is 13.8 Å². The van der Waals surface area contributed by atoms with Crippen LogP contribution < -0.4 is 11.1 Å². The van der Waals surface area contributed by atoms with Crippen molar-refractivity contribution in [2.45, 2.75) is 63.8 Å². The Labute approximate surface area is 128 Å². The summed E-state index contributed by atoms with van der Waals surface area (Å²) in [4.78, 5) is 12.1. The van der Waals surface area contributed by atoms with E-state index in [4.69, 9.17) is 5.73 Å². The zero-order valence-corrected chi connectivity index (χ0v) is 13.5. The minimum absolute atomic E-state index is 0.0685. The topological polar surface area (TPSA) is 55.1 Å². The van der Waals surface area contributed by atoms with Crippen molar-refractivity contribution in [3.05, 3.63) is 35.4 Å². The molecule has 1 aromatic rings. The summed E-state index contributed by atoms with van der Waals surface area (Å²) in [6.45, 7) is 6.37. The molecular weight excluding hydrogens is 260 g/mol. The van der Waals surface area contributed by atoms with E-state index < -0.39 is 5.54 Å². The van der Waals surface area contributed by atoms with E-state index in [1.807, 2.05) is 0 Å². The number of nitrogens with two attached hydrogens (primary N) is 1. The van der Waals surface area contributed by atoms with Crippen molar-refractivity contribution in [3.8, 4) is 0 Å². The highest BCUT2D eigenvalue weighted by atomic mass is 16.2. The Kier molecular flexibility index (Phi) is 4.72. The molecule has 3 nitrogen and oxygen atoms in total. The van der Waals surface area contributed by atoms with Gasteiger partial charge in [0, 0.05) is 12.0 Å². The second kappa shape index (κ2) is 6.18. The van der Waals surface area contributed by atoms with Gasteiger partial charge in [-0.1, -0.05) is 43.5 Å². The van der Waals surface area contributed by atoms with Crippen molar-refractivity contribution in [2.24, 2.45) is 5.73 Å². The standard InChI is InChI=1S/C18H28N2O/c1-14-9-5-6-10-15(14)18(11-7-4-8-12-18)13-20-16(21)17(2,3)19/h5-6,9-10H,4,7-8,11-13,19H2,1-3H3,(H,20,21). The molecule has 3 N–H and O–H groups in total. The van der Waals surface area contributed by atoms with Gasteiger partial charge >= 0.3 is 0 Å². The highest BCUT2D eigenvalue weighted by molar-refractivity contribution is 5.85. The van der Waals surface area contributed by atoms with Gasteiger partial charge in [-0.25, -0.2) is 0 Å². The molecule has 0 heterocycles. The predicted molar refractivity (Wildman–Crippen MR) is 87.2 cm³/mol. The highest BCUT2D eigenvalue weighted by Crippen LogP contribution is 2.40. The summed E-state index contributed by atoms with van der Waals surface area (Å²) in [6, 6.07) is 8.57. The van der Waals surface area contributed by atoms with E-state index in [9.17, 15) is 4.79 Å². The number of hydrogen-bond acceptors (Lipinski definition) is 2.